The topological polar surface area (TPSA) is 135 Å². The maximum atomic E-state index is 12.5. The van der Waals surface area contributed by atoms with E-state index in [1.807, 2.05) is 6.07 Å². The minimum atomic E-state index is -1.14. The smallest absolute Gasteiger partial charge is 0.344 e. The van der Waals surface area contributed by atoms with E-state index in [9.17, 15) is 19.6 Å². The van der Waals surface area contributed by atoms with Gasteiger partial charge in [0.15, 0.2) is 18.1 Å². The van der Waals surface area contributed by atoms with Gasteiger partial charge in [0.1, 0.15) is 11.6 Å². The van der Waals surface area contributed by atoms with Gasteiger partial charge in [-0.15, -0.1) is 0 Å². The molecule has 0 aromatic heterocycles. The number of carbonyl (C=O) groups is 3. The Labute approximate surface area is 192 Å². The number of nitrogens with zero attached hydrogens (tertiary/aromatic N) is 1. The fraction of sp³-hybridized carbons (Fsp3) is 0.182. The number of nitrogens with one attached hydrogen (secondary N) is 1. The summed E-state index contributed by atoms with van der Waals surface area (Å²) in [6.45, 7) is 1.60. The molecule has 10 heteroatoms. The molecule has 0 radical (unpaired) electrons. The number of amides is 1. The van der Waals surface area contributed by atoms with E-state index in [-0.39, 0.29) is 41.5 Å². The monoisotopic (exact) mass is 502 g/mol. The van der Waals surface area contributed by atoms with E-state index in [1.54, 1.807) is 6.92 Å². The van der Waals surface area contributed by atoms with Crippen LogP contribution >= 0.6 is 15.9 Å². The van der Waals surface area contributed by atoms with Gasteiger partial charge in [0.2, 0.25) is 0 Å². The van der Waals surface area contributed by atoms with Crippen LogP contribution in [0.1, 0.15) is 22.8 Å². The van der Waals surface area contributed by atoms with E-state index >= 15 is 0 Å². The van der Waals surface area contributed by atoms with Crippen molar-refractivity contribution in [2.45, 2.75) is 6.92 Å². The molecule has 32 heavy (non-hydrogen) atoms. The van der Waals surface area contributed by atoms with Gasteiger partial charge in [-0.2, -0.15) is 5.26 Å². The number of methoxy groups -OCH3 is 1. The average molecular weight is 503 g/mol. The lowest BCUT2D eigenvalue weighted by Gasteiger charge is -2.12. The Kier molecular flexibility index (Phi) is 8.80. The van der Waals surface area contributed by atoms with Gasteiger partial charge >= 0.3 is 11.9 Å². The van der Waals surface area contributed by atoms with Crippen molar-refractivity contribution in [2.24, 2.45) is 0 Å². The summed E-state index contributed by atoms with van der Waals surface area (Å²) in [4.78, 5) is 35.1. The number of carbonyl (C=O) groups excluding carboxylic acids is 2. The second-order valence-electron chi connectivity index (χ2n) is 6.13. The van der Waals surface area contributed by atoms with Crippen molar-refractivity contribution in [3.8, 4) is 17.6 Å². The number of carboxylic acids is 1. The maximum Gasteiger partial charge on any atom is 0.344 e. The van der Waals surface area contributed by atoms with Crippen LogP contribution in [0.2, 0.25) is 0 Å². The van der Waals surface area contributed by atoms with Crippen LogP contribution < -0.4 is 14.8 Å². The fourth-order valence-corrected chi connectivity index (χ4v) is 2.94. The molecule has 2 aromatic carbocycles. The van der Waals surface area contributed by atoms with Crippen LogP contribution in [0.25, 0.3) is 6.08 Å². The Morgan fingerprint density at radius 3 is 2.59 bits per heavy atom. The van der Waals surface area contributed by atoms with Crippen LogP contribution in [0.4, 0.5) is 5.69 Å². The lowest BCUT2D eigenvalue weighted by Crippen LogP contribution is -2.15. The lowest BCUT2D eigenvalue weighted by molar-refractivity contribution is -0.145. The van der Waals surface area contributed by atoms with E-state index in [4.69, 9.17) is 19.3 Å². The molecule has 2 N–H and O–H groups in total. The van der Waals surface area contributed by atoms with Crippen molar-refractivity contribution >= 4 is 45.5 Å². The zero-order chi connectivity index (χ0) is 23.7. The summed E-state index contributed by atoms with van der Waals surface area (Å²) in [6, 6.07) is 10.5. The minimum absolute atomic E-state index is 0.00354. The van der Waals surface area contributed by atoms with Gasteiger partial charge in [0.25, 0.3) is 5.91 Å². The molecule has 0 fully saturated rings. The first kappa shape index (κ1) is 24.4. The highest BCUT2D eigenvalue weighted by atomic mass is 79.9. The molecule has 0 bridgehead atoms. The second-order valence-corrected chi connectivity index (χ2v) is 6.98. The van der Waals surface area contributed by atoms with Crippen molar-refractivity contribution in [3.05, 3.63) is 57.6 Å². The van der Waals surface area contributed by atoms with E-state index < -0.39 is 17.8 Å². The molecule has 0 saturated heterocycles. The zero-order valence-electron chi connectivity index (χ0n) is 17.2. The average Bonchev–Trinajstić information content (AvgIpc) is 2.77. The molecule has 0 saturated carbocycles. The van der Waals surface area contributed by atoms with Crippen molar-refractivity contribution in [1.29, 1.82) is 5.26 Å². The van der Waals surface area contributed by atoms with Gasteiger partial charge in [-0.25, -0.2) is 9.59 Å². The van der Waals surface area contributed by atoms with Crippen LogP contribution in [0.15, 0.2) is 46.4 Å². The van der Waals surface area contributed by atoms with E-state index in [0.717, 1.165) is 0 Å². The highest BCUT2D eigenvalue weighted by Gasteiger charge is 2.15. The standard InChI is InChI=1S/C22H19BrN2O7/c1-3-31-20(26)12-32-19-10-17(23)14(9-18(19)30-2)7-15(11-24)21(27)25-16-6-4-5-13(8-16)22(28)29/h4-10H,3,12H2,1-2H3,(H,25,27)(H,28,29)/b15-7-. The third-order valence-corrected chi connectivity index (χ3v) is 4.65. The number of hydrogen-bond acceptors (Lipinski definition) is 7. The van der Waals surface area contributed by atoms with E-state index in [1.165, 1.54) is 49.6 Å². The summed E-state index contributed by atoms with van der Waals surface area (Å²) in [5, 5.41) is 21.0. The summed E-state index contributed by atoms with van der Waals surface area (Å²) in [7, 11) is 1.40. The fourth-order valence-electron chi connectivity index (χ4n) is 2.51. The number of aromatic carboxylic acids is 1. The lowest BCUT2D eigenvalue weighted by atomic mass is 10.1. The molecular formula is C22H19BrN2O7. The Morgan fingerprint density at radius 2 is 1.97 bits per heavy atom. The minimum Gasteiger partial charge on any atom is -0.493 e. The van der Waals surface area contributed by atoms with E-state index in [0.29, 0.717) is 10.0 Å². The highest BCUT2D eigenvalue weighted by Crippen LogP contribution is 2.34. The number of halogens is 1. The molecule has 0 unspecified atom stereocenters. The van der Waals surface area contributed by atoms with Crippen LogP contribution in [0.3, 0.4) is 0 Å². The van der Waals surface area contributed by atoms with Gasteiger partial charge < -0.3 is 24.6 Å². The summed E-state index contributed by atoms with van der Waals surface area (Å²) < 4.78 is 16.0. The van der Waals surface area contributed by atoms with Gasteiger partial charge in [-0.1, -0.05) is 22.0 Å². The molecule has 0 aliphatic rings. The van der Waals surface area contributed by atoms with Crippen LogP contribution in [-0.4, -0.2) is 43.3 Å². The van der Waals surface area contributed by atoms with Crippen molar-refractivity contribution in [2.75, 3.05) is 25.6 Å². The van der Waals surface area contributed by atoms with Gasteiger partial charge in [-0.3, -0.25) is 4.79 Å². The quantitative estimate of drug-likeness (QED) is 0.301. The largest absolute Gasteiger partial charge is 0.493 e. The van der Waals surface area contributed by atoms with Gasteiger partial charge in [0, 0.05) is 10.2 Å². The Morgan fingerprint density at radius 1 is 1.22 bits per heavy atom. The normalized spacial score (nSPS) is 10.6. The molecule has 0 aliphatic heterocycles. The van der Waals surface area contributed by atoms with Crippen LogP contribution in [-0.2, 0) is 14.3 Å². The predicted molar refractivity (Wildman–Crippen MR) is 118 cm³/mol. The molecule has 166 valence electrons. The summed E-state index contributed by atoms with van der Waals surface area (Å²) >= 11 is 3.34. The number of hydrogen-bond donors (Lipinski definition) is 2. The third-order valence-electron chi connectivity index (χ3n) is 3.97. The molecular weight excluding hydrogens is 484 g/mol. The van der Waals surface area contributed by atoms with Gasteiger partial charge in [-0.05, 0) is 48.9 Å². The Hall–Kier alpha value is -3.84. The molecule has 0 aliphatic carbocycles. The molecule has 0 atom stereocenters. The molecule has 0 heterocycles. The second kappa shape index (κ2) is 11.5. The Bertz CT molecular complexity index is 1110. The summed E-state index contributed by atoms with van der Waals surface area (Å²) in [5.74, 6) is -1.86. The first-order valence-electron chi connectivity index (χ1n) is 9.21. The number of benzene rings is 2. The zero-order valence-corrected chi connectivity index (χ0v) is 18.8. The SMILES string of the molecule is CCOC(=O)COc1cc(Br)c(/C=C(/C#N)C(=O)Nc2cccc(C(=O)O)c2)cc1OC. The summed E-state index contributed by atoms with van der Waals surface area (Å²) in [5.41, 5.74) is 0.441. The first-order valence-corrected chi connectivity index (χ1v) is 10.0. The van der Waals surface area contributed by atoms with Crippen molar-refractivity contribution in [3.63, 3.8) is 0 Å². The third kappa shape index (κ3) is 6.58. The van der Waals surface area contributed by atoms with Crippen LogP contribution in [0, 0.1) is 11.3 Å². The number of esters is 1. The van der Waals surface area contributed by atoms with Crippen molar-refractivity contribution < 1.29 is 33.7 Å². The maximum absolute atomic E-state index is 12.5. The predicted octanol–water partition coefficient (Wildman–Crippen LogP) is 3.64. The number of carboxylic acid groups (broad SMARTS) is 1. The Balaban J connectivity index is 2.26. The number of nitriles is 1. The van der Waals surface area contributed by atoms with Crippen molar-refractivity contribution in [1.82, 2.24) is 0 Å². The van der Waals surface area contributed by atoms with Crippen LogP contribution in [0.5, 0.6) is 11.5 Å². The molecule has 9 nitrogen and oxygen atoms in total. The number of ether oxygens (including phenoxy) is 3. The molecule has 2 rings (SSSR count). The number of anilines is 1. The molecule has 2 aromatic rings. The van der Waals surface area contributed by atoms with E-state index in [2.05, 4.69) is 21.2 Å². The summed E-state index contributed by atoms with van der Waals surface area (Å²) in [6.07, 6.45) is 1.33. The number of rotatable bonds is 9. The highest BCUT2D eigenvalue weighted by molar-refractivity contribution is 9.10. The molecule has 0 spiro atoms. The first-order chi connectivity index (χ1) is 15.3. The van der Waals surface area contributed by atoms with Gasteiger partial charge in [0.05, 0.1) is 19.3 Å². The molecule has 1 amide bonds.